The lowest BCUT2D eigenvalue weighted by Gasteiger charge is -2.06. The average Bonchev–Trinajstić information content (AvgIpc) is 2.88. The number of hydrogen-bond acceptors (Lipinski definition) is 5. The smallest absolute Gasteiger partial charge is 0.230 e. The molecule has 2 N–H and O–H groups in total. The van der Waals surface area contributed by atoms with E-state index in [0.29, 0.717) is 17.3 Å². The number of aromatic nitrogens is 4. The zero-order chi connectivity index (χ0) is 14.1. The van der Waals surface area contributed by atoms with Crippen molar-refractivity contribution in [2.45, 2.75) is 19.9 Å². The number of fused-ring (bicyclic) bond motifs is 1. The molecule has 2 aromatic heterocycles. The Morgan fingerprint density at radius 1 is 1.25 bits per heavy atom. The van der Waals surface area contributed by atoms with Crippen molar-refractivity contribution in [3.8, 4) is 11.6 Å². The summed E-state index contributed by atoms with van der Waals surface area (Å²) in [4.78, 5) is 8.36. The predicted molar refractivity (Wildman–Crippen MR) is 76.6 cm³/mol. The molecule has 0 aliphatic rings. The van der Waals surface area contributed by atoms with Crippen molar-refractivity contribution in [2.24, 2.45) is 0 Å². The molecule has 0 spiro atoms. The number of nitrogens with two attached hydrogens (primary N) is 1. The first-order chi connectivity index (χ1) is 9.63. The van der Waals surface area contributed by atoms with Gasteiger partial charge in [0.25, 0.3) is 0 Å². The second kappa shape index (κ2) is 4.80. The lowest BCUT2D eigenvalue weighted by Crippen LogP contribution is -1.99. The van der Waals surface area contributed by atoms with E-state index in [9.17, 15) is 0 Å². The highest BCUT2D eigenvalue weighted by atomic mass is 16.5. The Balaban J connectivity index is 1.99. The summed E-state index contributed by atoms with van der Waals surface area (Å²) in [5.74, 6) is 1.12. The van der Waals surface area contributed by atoms with E-state index in [4.69, 9.17) is 10.5 Å². The van der Waals surface area contributed by atoms with Gasteiger partial charge in [0.1, 0.15) is 6.33 Å². The molecular weight excluding hydrogens is 254 g/mol. The molecule has 3 aromatic rings. The molecule has 6 nitrogen and oxygen atoms in total. The fourth-order valence-corrected chi connectivity index (χ4v) is 1.90. The van der Waals surface area contributed by atoms with Crippen LogP contribution in [0.4, 0.5) is 5.69 Å². The third-order valence-electron chi connectivity index (χ3n) is 2.94. The predicted octanol–water partition coefficient (Wildman–Crippen LogP) is 2.78. The van der Waals surface area contributed by atoms with E-state index in [1.54, 1.807) is 18.3 Å². The van der Waals surface area contributed by atoms with Gasteiger partial charge in [0.15, 0.2) is 5.75 Å². The Labute approximate surface area is 116 Å². The van der Waals surface area contributed by atoms with E-state index < -0.39 is 0 Å². The van der Waals surface area contributed by atoms with E-state index in [-0.39, 0.29) is 6.04 Å². The number of ether oxygens (including phenoxy) is 1. The minimum absolute atomic E-state index is 0.283. The first kappa shape index (κ1) is 12.4. The number of hydrogen-bond donors (Lipinski definition) is 1. The van der Waals surface area contributed by atoms with Crippen molar-refractivity contribution in [3.05, 3.63) is 36.9 Å². The molecule has 0 radical (unpaired) electrons. The quantitative estimate of drug-likeness (QED) is 0.739. The molecular formula is C14H15N5O. The van der Waals surface area contributed by atoms with Gasteiger partial charge < -0.3 is 10.5 Å². The van der Waals surface area contributed by atoms with Crippen LogP contribution in [-0.4, -0.2) is 19.7 Å². The molecule has 102 valence electrons. The minimum Gasteiger partial charge on any atom is -0.435 e. The maximum Gasteiger partial charge on any atom is 0.230 e. The topological polar surface area (TPSA) is 78.8 Å². The van der Waals surface area contributed by atoms with Crippen LogP contribution >= 0.6 is 0 Å². The van der Waals surface area contributed by atoms with E-state index in [1.807, 2.05) is 16.9 Å². The largest absolute Gasteiger partial charge is 0.435 e. The SMILES string of the molecule is CC(C)n1cc(Oc2ncnc3ccc(N)cc23)cn1. The van der Waals surface area contributed by atoms with Crippen LogP contribution in [0.1, 0.15) is 19.9 Å². The zero-order valence-electron chi connectivity index (χ0n) is 11.3. The highest BCUT2D eigenvalue weighted by Gasteiger charge is 2.09. The van der Waals surface area contributed by atoms with Gasteiger partial charge in [-0.25, -0.2) is 9.97 Å². The zero-order valence-corrected chi connectivity index (χ0v) is 11.3. The van der Waals surface area contributed by atoms with E-state index in [1.165, 1.54) is 6.33 Å². The summed E-state index contributed by atoms with van der Waals surface area (Å²) >= 11 is 0. The van der Waals surface area contributed by atoms with Gasteiger partial charge in [-0.2, -0.15) is 5.10 Å². The molecule has 0 amide bonds. The van der Waals surface area contributed by atoms with Crippen molar-refractivity contribution < 1.29 is 4.74 Å². The molecule has 3 rings (SSSR count). The maximum absolute atomic E-state index is 5.80. The van der Waals surface area contributed by atoms with Crippen molar-refractivity contribution in [1.29, 1.82) is 0 Å². The third-order valence-corrected chi connectivity index (χ3v) is 2.94. The van der Waals surface area contributed by atoms with Crippen molar-refractivity contribution in [1.82, 2.24) is 19.7 Å². The van der Waals surface area contributed by atoms with E-state index in [2.05, 4.69) is 28.9 Å². The highest BCUT2D eigenvalue weighted by Crippen LogP contribution is 2.27. The first-order valence-electron chi connectivity index (χ1n) is 6.36. The third kappa shape index (κ3) is 2.27. The lowest BCUT2D eigenvalue weighted by molar-refractivity contribution is 0.464. The van der Waals surface area contributed by atoms with Crippen LogP contribution in [0.5, 0.6) is 11.6 Å². The van der Waals surface area contributed by atoms with Gasteiger partial charge in [0.05, 0.1) is 23.3 Å². The van der Waals surface area contributed by atoms with Crippen LogP contribution in [0.2, 0.25) is 0 Å². The van der Waals surface area contributed by atoms with Crippen molar-refractivity contribution in [3.63, 3.8) is 0 Å². The van der Waals surface area contributed by atoms with Crippen LogP contribution in [0.3, 0.4) is 0 Å². The van der Waals surface area contributed by atoms with E-state index >= 15 is 0 Å². The van der Waals surface area contributed by atoms with Gasteiger partial charge in [0.2, 0.25) is 5.88 Å². The van der Waals surface area contributed by atoms with Crippen LogP contribution in [0.25, 0.3) is 10.9 Å². The average molecular weight is 269 g/mol. The van der Waals surface area contributed by atoms with Crippen LogP contribution in [0, 0.1) is 0 Å². The Bertz CT molecular complexity index is 750. The summed E-state index contributed by atoms with van der Waals surface area (Å²) in [6.07, 6.45) is 4.98. The molecule has 0 aliphatic heterocycles. The number of nitrogen functional groups attached to an aromatic ring is 1. The van der Waals surface area contributed by atoms with Crippen LogP contribution in [-0.2, 0) is 0 Å². The van der Waals surface area contributed by atoms with Gasteiger partial charge in [0, 0.05) is 11.7 Å². The highest BCUT2D eigenvalue weighted by molar-refractivity contribution is 5.86. The van der Waals surface area contributed by atoms with Crippen LogP contribution < -0.4 is 10.5 Å². The Hall–Kier alpha value is -2.63. The maximum atomic E-state index is 5.80. The summed E-state index contributed by atoms with van der Waals surface area (Å²) in [6, 6.07) is 5.73. The standard InChI is InChI=1S/C14H15N5O/c1-9(2)19-7-11(6-18-19)20-14-12-5-10(15)3-4-13(12)16-8-17-14/h3-9H,15H2,1-2H3. The van der Waals surface area contributed by atoms with Crippen molar-refractivity contribution >= 4 is 16.6 Å². The molecule has 0 aliphatic carbocycles. The summed E-state index contributed by atoms with van der Waals surface area (Å²) in [6.45, 7) is 4.11. The molecule has 0 fully saturated rings. The molecule has 2 heterocycles. The summed E-state index contributed by atoms with van der Waals surface area (Å²) in [5.41, 5.74) is 7.24. The molecule has 0 saturated heterocycles. The second-order valence-electron chi connectivity index (χ2n) is 4.81. The Morgan fingerprint density at radius 3 is 2.85 bits per heavy atom. The summed E-state index contributed by atoms with van der Waals surface area (Å²) in [7, 11) is 0. The molecule has 0 saturated carbocycles. The second-order valence-corrected chi connectivity index (χ2v) is 4.81. The van der Waals surface area contributed by atoms with Gasteiger partial charge in [-0.15, -0.1) is 0 Å². The van der Waals surface area contributed by atoms with E-state index in [0.717, 1.165) is 10.9 Å². The van der Waals surface area contributed by atoms with Crippen molar-refractivity contribution in [2.75, 3.05) is 5.73 Å². The molecule has 20 heavy (non-hydrogen) atoms. The molecule has 0 bridgehead atoms. The number of rotatable bonds is 3. The minimum atomic E-state index is 0.283. The van der Waals surface area contributed by atoms with Gasteiger partial charge in [-0.1, -0.05) is 0 Å². The molecule has 6 heteroatoms. The number of benzene rings is 1. The van der Waals surface area contributed by atoms with Gasteiger partial charge in [-0.05, 0) is 32.0 Å². The first-order valence-corrected chi connectivity index (χ1v) is 6.36. The molecule has 0 atom stereocenters. The van der Waals surface area contributed by atoms with Gasteiger partial charge >= 0.3 is 0 Å². The molecule has 1 aromatic carbocycles. The lowest BCUT2D eigenvalue weighted by atomic mass is 10.2. The molecule has 0 unspecified atom stereocenters. The summed E-state index contributed by atoms with van der Waals surface area (Å²) in [5, 5.41) is 5.02. The van der Waals surface area contributed by atoms with Crippen LogP contribution in [0.15, 0.2) is 36.9 Å². The monoisotopic (exact) mass is 269 g/mol. The Kier molecular flexibility index (Phi) is 2.98. The fourth-order valence-electron chi connectivity index (χ4n) is 1.90. The fraction of sp³-hybridized carbons (Fsp3) is 0.214. The Morgan fingerprint density at radius 2 is 2.10 bits per heavy atom. The number of nitrogens with zero attached hydrogens (tertiary/aromatic N) is 4. The summed E-state index contributed by atoms with van der Waals surface area (Å²) < 4.78 is 7.61. The normalized spacial score (nSPS) is 11.2. The number of anilines is 1. The van der Waals surface area contributed by atoms with Gasteiger partial charge in [-0.3, -0.25) is 4.68 Å².